The van der Waals surface area contributed by atoms with Crippen LogP contribution in [-0.2, 0) is 4.79 Å². The number of aliphatic hydroxyl groups is 2. The van der Waals surface area contributed by atoms with E-state index in [9.17, 15) is 15.0 Å². The molecule has 0 aliphatic rings. The summed E-state index contributed by atoms with van der Waals surface area (Å²) in [4.78, 5) is 12.7. The predicted molar refractivity (Wildman–Crippen MR) is 75.3 cm³/mol. The third-order valence-electron chi connectivity index (χ3n) is 2.80. The van der Waals surface area contributed by atoms with Crippen molar-refractivity contribution in [2.24, 2.45) is 5.73 Å². The number of likely N-dealkylation sites (N-methyl/N-ethyl adjacent to an activating group) is 1. The van der Waals surface area contributed by atoms with Crippen LogP contribution in [0, 0.1) is 0 Å². The summed E-state index contributed by atoms with van der Waals surface area (Å²) >= 11 is 0. The molecule has 6 nitrogen and oxygen atoms in total. The summed E-state index contributed by atoms with van der Waals surface area (Å²) < 4.78 is 5.52. The molecule has 0 bridgehead atoms. The van der Waals surface area contributed by atoms with E-state index >= 15 is 0 Å². The van der Waals surface area contributed by atoms with Gasteiger partial charge in [0.25, 0.3) is 0 Å². The van der Waals surface area contributed by atoms with Crippen LogP contribution in [0.15, 0.2) is 24.3 Å². The van der Waals surface area contributed by atoms with E-state index in [1.54, 1.807) is 24.3 Å². The van der Waals surface area contributed by atoms with Crippen LogP contribution >= 0.6 is 0 Å². The van der Waals surface area contributed by atoms with Crippen LogP contribution in [0.25, 0.3) is 0 Å². The van der Waals surface area contributed by atoms with Gasteiger partial charge < -0.3 is 25.6 Å². The second-order valence-corrected chi connectivity index (χ2v) is 4.90. The normalized spacial score (nSPS) is 14.1. The molecule has 20 heavy (non-hydrogen) atoms. The monoisotopic (exact) mass is 282 g/mol. The van der Waals surface area contributed by atoms with E-state index in [2.05, 4.69) is 0 Å². The number of benzene rings is 1. The molecule has 1 rings (SSSR count). The molecule has 4 N–H and O–H groups in total. The molecule has 0 fully saturated rings. The van der Waals surface area contributed by atoms with E-state index in [4.69, 9.17) is 10.5 Å². The molecular formula is C14H22N2O4. The topological polar surface area (TPSA) is 96.0 Å². The van der Waals surface area contributed by atoms with E-state index in [-0.39, 0.29) is 6.42 Å². The van der Waals surface area contributed by atoms with E-state index in [0.29, 0.717) is 17.9 Å². The summed E-state index contributed by atoms with van der Waals surface area (Å²) in [7, 11) is 3.92. The first-order chi connectivity index (χ1) is 9.40. The number of carbonyl (C=O) groups is 1. The van der Waals surface area contributed by atoms with Gasteiger partial charge in [-0.25, -0.2) is 0 Å². The zero-order valence-electron chi connectivity index (χ0n) is 11.8. The van der Waals surface area contributed by atoms with Crippen molar-refractivity contribution < 1.29 is 19.7 Å². The molecule has 1 aromatic carbocycles. The maximum atomic E-state index is 10.7. The van der Waals surface area contributed by atoms with Crippen molar-refractivity contribution in [2.45, 2.75) is 18.6 Å². The third-order valence-corrected chi connectivity index (χ3v) is 2.80. The Bertz CT molecular complexity index is 420. The Hall–Kier alpha value is -1.63. The number of primary amides is 1. The first kappa shape index (κ1) is 16.4. The van der Waals surface area contributed by atoms with Crippen molar-refractivity contribution in [3.8, 4) is 5.75 Å². The fourth-order valence-electron chi connectivity index (χ4n) is 1.65. The standard InChI is InChI=1S/C14H22N2O4/c1-16(2)7-8-20-11-5-3-10(4-6-11)14(19)12(17)9-13(15)18/h3-6,12,14,17,19H,7-9H2,1-2H3,(H2,15,18). The summed E-state index contributed by atoms with van der Waals surface area (Å²) in [6.45, 7) is 1.38. The lowest BCUT2D eigenvalue weighted by molar-refractivity contribution is -0.121. The zero-order chi connectivity index (χ0) is 15.1. The molecule has 6 heteroatoms. The number of ether oxygens (including phenoxy) is 1. The molecule has 2 atom stereocenters. The van der Waals surface area contributed by atoms with Gasteiger partial charge in [-0.1, -0.05) is 12.1 Å². The minimum absolute atomic E-state index is 0.276. The van der Waals surface area contributed by atoms with E-state index in [0.717, 1.165) is 6.54 Å². The maximum absolute atomic E-state index is 10.7. The Morgan fingerprint density at radius 3 is 2.40 bits per heavy atom. The van der Waals surface area contributed by atoms with Crippen molar-refractivity contribution >= 4 is 5.91 Å². The van der Waals surface area contributed by atoms with Gasteiger partial charge in [-0.15, -0.1) is 0 Å². The lowest BCUT2D eigenvalue weighted by Gasteiger charge is -2.17. The Balaban J connectivity index is 2.54. The van der Waals surface area contributed by atoms with Crippen LogP contribution in [0.1, 0.15) is 18.1 Å². The van der Waals surface area contributed by atoms with Crippen LogP contribution in [0.3, 0.4) is 0 Å². The molecule has 1 amide bonds. The average Bonchev–Trinajstić information content (AvgIpc) is 2.37. The Labute approximate surface area is 118 Å². The highest BCUT2D eigenvalue weighted by Gasteiger charge is 2.20. The minimum Gasteiger partial charge on any atom is -0.492 e. The molecule has 1 aromatic rings. The fraction of sp³-hybridized carbons (Fsp3) is 0.500. The van der Waals surface area contributed by atoms with Gasteiger partial charge in [0.15, 0.2) is 0 Å². The van der Waals surface area contributed by atoms with Gasteiger partial charge in [0.1, 0.15) is 18.5 Å². The van der Waals surface area contributed by atoms with Crippen molar-refractivity contribution in [2.75, 3.05) is 27.2 Å². The number of nitrogens with two attached hydrogens (primary N) is 1. The van der Waals surface area contributed by atoms with Crippen LogP contribution in [-0.4, -0.2) is 54.4 Å². The van der Waals surface area contributed by atoms with E-state index in [1.165, 1.54) is 0 Å². The van der Waals surface area contributed by atoms with E-state index in [1.807, 2.05) is 19.0 Å². The van der Waals surface area contributed by atoms with Crippen LogP contribution in [0.2, 0.25) is 0 Å². The highest BCUT2D eigenvalue weighted by molar-refractivity contribution is 5.74. The molecule has 0 aromatic heterocycles. The maximum Gasteiger partial charge on any atom is 0.220 e. The molecule has 0 heterocycles. The van der Waals surface area contributed by atoms with Crippen molar-refractivity contribution in [1.82, 2.24) is 4.90 Å². The van der Waals surface area contributed by atoms with Crippen molar-refractivity contribution in [3.05, 3.63) is 29.8 Å². The lowest BCUT2D eigenvalue weighted by atomic mass is 10.0. The molecule has 0 saturated carbocycles. The number of carbonyl (C=O) groups excluding carboxylic acids is 1. The molecular weight excluding hydrogens is 260 g/mol. The van der Waals surface area contributed by atoms with Gasteiger partial charge in [-0.2, -0.15) is 0 Å². The smallest absolute Gasteiger partial charge is 0.220 e. The molecule has 0 saturated heterocycles. The van der Waals surface area contributed by atoms with Gasteiger partial charge in [0.2, 0.25) is 5.91 Å². The number of hydrogen-bond donors (Lipinski definition) is 3. The Morgan fingerprint density at radius 1 is 1.30 bits per heavy atom. The second kappa shape index (κ2) is 7.84. The van der Waals surface area contributed by atoms with Crippen LogP contribution in [0.4, 0.5) is 0 Å². The van der Waals surface area contributed by atoms with Crippen molar-refractivity contribution in [1.29, 1.82) is 0 Å². The minimum atomic E-state index is -1.20. The first-order valence-corrected chi connectivity index (χ1v) is 6.42. The summed E-state index contributed by atoms with van der Waals surface area (Å²) in [6.07, 6.45) is -2.62. The molecule has 2 unspecified atom stereocenters. The second-order valence-electron chi connectivity index (χ2n) is 4.90. The number of aliphatic hydroxyl groups excluding tert-OH is 2. The Morgan fingerprint density at radius 2 is 1.90 bits per heavy atom. The SMILES string of the molecule is CN(C)CCOc1ccc(C(O)C(O)CC(N)=O)cc1. The molecule has 0 spiro atoms. The predicted octanol–water partition coefficient (Wildman–Crippen LogP) is -0.103. The molecule has 0 aliphatic carbocycles. The summed E-state index contributed by atoms with van der Waals surface area (Å²) in [5.74, 6) is 0.0346. The fourth-order valence-corrected chi connectivity index (χ4v) is 1.65. The van der Waals surface area contributed by atoms with Crippen molar-refractivity contribution in [3.63, 3.8) is 0 Å². The number of rotatable bonds is 8. The van der Waals surface area contributed by atoms with E-state index < -0.39 is 18.1 Å². The molecule has 0 radical (unpaired) electrons. The number of amides is 1. The van der Waals surface area contributed by atoms with Gasteiger partial charge in [-0.05, 0) is 31.8 Å². The molecule has 0 aliphatic heterocycles. The highest BCUT2D eigenvalue weighted by atomic mass is 16.5. The zero-order valence-corrected chi connectivity index (χ0v) is 11.8. The quantitative estimate of drug-likeness (QED) is 0.618. The average molecular weight is 282 g/mol. The lowest BCUT2D eigenvalue weighted by Crippen LogP contribution is -2.25. The first-order valence-electron chi connectivity index (χ1n) is 6.42. The molecule has 112 valence electrons. The van der Waals surface area contributed by atoms with Gasteiger partial charge >= 0.3 is 0 Å². The van der Waals surface area contributed by atoms with Crippen LogP contribution in [0.5, 0.6) is 5.75 Å². The highest BCUT2D eigenvalue weighted by Crippen LogP contribution is 2.21. The number of nitrogens with zero attached hydrogens (tertiary/aromatic N) is 1. The van der Waals surface area contributed by atoms with Crippen LogP contribution < -0.4 is 10.5 Å². The summed E-state index contributed by atoms with van der Waals surface area (Å²) in [5.41, 5.74) is 5.49. The Kier molecular flexibility index (Phi) is 6.44. The number of hydrogen-bond acceptors (Lipinski definition) is 5. The van der Waals surface area contributed by atoms with Gasteiger partial charge in [-0.3, -0.25) is 4.79 Å². The summed E-state index contributed by atoms with van der Waals surface area (Å²) in [6, 6.07) is 6.73. The van der Waals surface area contributed by atoms with Gasteiger partial charge in [0.05, 0.1) is 12.5 Å². The largest absolute Gasteiger partial charge is 0.492 e. The third kappa shape index (κ3) is 5.56. The summed E-state index contributed by atoms with van der Waals surface area (Å²) in [5, 5.41) is 19.5. The van der Waals surface area contributed by atoms with Gasteiger partial charge in [0, 0.05) is 6.54 Å².